The standard InChI is InChI=1S/C16H23N3O4S/c17-24(21,22)12-13-9-16(20)19(10-13)15-4-2-1-3-14(15)11-18-5-7-23-8-6-18/h1-4,13H,5-12H2,(H2,17,21,22). The van der Waals surface area contributed by atoms with Crippen LogP contribution in [0.25, 0.3) is 0 Å². The topological polar surface area (TPSA) is 92.9 Å². The Bertz CT molecular complexity index is 701. The van der Waals surface area contributed by atoms with E-state index in [0.717, 1.165) is 44.1 Å². The van der Waals surface area contributed by atoms with Crippen molar-refractivity contribution in [2.24, 2.45) is 11.1 Å². The zero-order valence-electron chi connectivity index (χ0n) is 13.6. The van der Waals surface area contributed by atoms with E-state index < -0.39 is 10.0 Å². The molecular weight excluding hydrogens is 330 g/mol. The first-order valence-corrected chi connectivity index (χ1v) is 9.83. The maximum atomic E-state index is 12.4. The number of primary sulfonamides is 1. The molecular formula is C16H23N3O4S. The number of anilines is 1. The largest absolute Gasteiger partial charge is 0.379 e. The second kappa shape index (κ2) is 7.18. The number of carbonyl (C=O) groups is 1. The number of sulfonamides is 1. The molecule has 1 aromatic rings. The van der Waals surface area contributed by atoms with E-state index in [1.807, 2.05) is 24.3 Å². The van der Waals surface area contributed by atoms with Gasteiger partial charge < -0.3 is 9.64 Å². The maximum Gasteiger partial charge on any atom is 0.227 e. The number of amides is 1. The Morgan fingerprint density at radius 3 is 2.62 bits per heavy atom. The van der Waals surface area contributed by atoms with Crippen LogP contribution >= 0.6 is 0 Å². The first kappa shape index (κ1) is 17.3. The van der Waals surface area contributed by atoms with Crippen LogP contribution < -0.4 is 10.0 Å². The van der Waals surface area contributed by atoms with Crippen LogP contribution in [0.15, 0.2) is 24.3 Å². The molecule has 2 saturated heterocycles. The van der Waals surface area contributed by atoms with E-state index in [1.165, 1.54) is 0 Å². The third-order valence-electron chi connectivity index (χ3n) is 4.45. The lowest BCUT2D eigenvalue weighted by Crippen LogP contribution is -2.36. The Morgan fingerprint density at radius 2 is 1.92 bits per heavy atom. The van der Waals surface area contributed by atoms with Gasteiger partial charge in [-0.15, -0.1) is 0 Å². The number of benzene rings is 1. The predicted molar refractivity (Wildman–Crippen MR) is 91.0 cm³/mol. The van der Waals surface area contributed by atoms with Crippen molar-refractivity contribution in [3.8, 4) is 0 Å². The van der Waals surface area contributed by atoms with Gasteiger partial charge in [0, 0.05) is 44.2 Å². The lowest BCUT2D eigenvalue weighted by Gasteiger charge is -2.28. The van der Waals surface area contributed by atoms with Gasteiger partial charge in [0.2, 0.25) is 15.9 Å². The molecule has 0 spiro atoms. The molecule has 0 aliphatic carbocycles. The molecule has 0 saturated carbocycles. The van der Waals surface area contributed by atoms with Gasteiger partial charge in [0.05, 0.1) is 19.0 Å². The third kappa shape index (κ3) is 4.32. The van der Waals surface area contributed by atoms with Gasteiger partial charge in [0.15, 0.2) is 0 Å². The highest BCUT2D eigenvalue weighted by Gasteiger charge is 2.33. The molecule has 2 aliphatic heterocycles. The molecule has 1 unspecified atom stereocenters. The van der Waals surface area contributed by atoms with Crippen LogP contribution in [0, 0.1) is 5.92 Å². The third-order valence-corrected chi connectivity index (χ3v) is 5.39. The molecule has 2 N–H and O–H groups in total. The summed E-state index contributed by atoms with van der Waals surface area (Å²) in [5, 5.41) is 5.12. The van der Waals surface area contributed by atoms with E-state index in [-0.39, 0.29) is 24.0 Å². The van der Waals surface area contributed by atoms with Crippen LogP contribution in [0.3, 0.4) is 0 Å². The minimum absolute atomic E-state index is 0.0434. The van der Waals surface area contributed by atoms with E-state index in [0.29, 0.717) is 6.54 Å². The molecule has 2 heterocycles. The maximum absolute atomic E-state index is 12.4. The monoisotopic (exact) mass is 353 g/mol. The zero-order chi connectivity index (χ0) is 17.2. The second-order valence-electron chi connectivity index (χ2n) is 6.42. The smallest absolute Gasteiger partial charge is 0.227 e. The Hall–Kier alpha value is -1.48. The van der Waals surface area contributed by atoms with Gasteiger partial charge in [-0.1, -0.05) is 18.2 Å². The Morgan fingerprint density at radius 1 is 1.21 bits per heavy atom. The summed E-state index contributed by atoms with van der Waals surface area (Å²) in [6.07, 6.45) is 0.225. The lowest BCUT2D eigenvalue weighted by atomic mass is 10.1. The molecule has 7 nitrogen and oxygen atoms in total. The Kier molecular flexibility index (Phi) is 5.19. The number of ether oxygens (including phenoxy) is 1. The number of carbonyl (C=O) groups excluding carboxylic acids is 1. The van der Waals surface area contributed by atoms with Crippen LogP contribution in [-0.2, 0) is 26.1 Å². The van der Waals surface area contributed by atoms with Gasteiger partial charge >= 0.3 is 0 Å². The van der Waals surface area contributed by atoms with Gasteiger partial charge in [-0.2, -0.15) is 0 Å². The minimum Gasteiger partial charge on any atom is -0.379 e. The van der Waals surface area contributed by atoms with Gasteiger partial charge in [-0.05, 0) is 11.6 Å². The predicted octanol–water partition coefficient (Wildman–Crippen LogP) is 0.160. The number of hydrogen-bond acceptors (Lipinski definition) is 5. The first-order valence-electron chi connectivity index (χ1n) is 8.11. The number of para-hydroxylation sites is 1. The van der Waals surface area contributed by atoms with Crippen molar-refractivity contribution < 1.29 is 17.9 Å². The highest BCUT2D eigenvalue weighted by atomic mass is 32.2. The van der Waals surface area contributed by atoms with Crippen LogP contribution in [0.4, 0.5) is 5.69 Å². The normalized spacial score (nSPS) is 23.0. The number of rotatable bonds is 5. The zero-order valence-corrected chi connectivity index (χ0v) is 14.4. The molecule has 8 heteroatoms. The Labute approximate surface area is 142 Å². The summed E-state index contributed by atoms with van der Waals surface area (Å²) in [4.78, 5) is 16.4. The number of hydrogen-bond donors (Lipinski definition) is 1. The van der Waals surface area contributed by atoms with E-state index in [9.17, 15) is 13.2 Å². The summed E-state index contributed by atoms with van der Waals surface area (Å²) < 4.78 is 28.0. The van der Waals surface area contributed by atoms with Crippen LogP contribution in [0.2, 0.25) is 0 Å². The van der Waals surface area contributed by atoms with E-state index >= 15 is 0 Å². The number of nitrogens with two attached hydrogens (primary N) is 1. The fourth-order valence-corrected chi connectivity index (χ4v) is 4.24. The SMILES string of the molecule is NS(=O)(=O)CC1CC(=O)N(c2ccccc2CN2CCOCC2)C1. The summed E-state index contributed by atoms with van der Waals surface area (Å²) in [6.45, 7) is 4.34. The molecule has 1 atom stereocenters. The second-order valence-corrected chi connectivity index (χ2v) is 8.08. The minimum atomic E-state index is -3.57. The molecule has 1 aromatic carbocycles. The van der Waals surface area contributed by atoms with Crippen molar-refractivity contribution in [1.82, 2.24) is 4.90 Å². The van der Waals surface area contributed by atoms with Crippen molar-refractivity contribution >= 4 is 21.6 Å². The molecule has 132 valence electrons. The van der Waals surface area contributed by atoms with Crippen LogP contribution in [0.1, 0.15) is 12.0 Å². The molecule has 2 fully saturated rings. The van der Waals surface area contributed by atoms with Crippen molar-refractivity contribution in [3.63, 3.8) is 0 Å². The van der Waals surface area contributed by atoms with E-state index in [1.54, 1.807) is 4.90 Å². The molecule has 24 heavy (non-hydrogen) atoms. The highest BCUT2D eigenvalue weighted by molar-refractivity contribution is 7.89. The quantitative estimate of drug-likeness (QED) is 0.814. The molecule has 1 amide bonds. The first-order chi connectivity index (χ1) is 11.4. The molecule has 0 aromatic heterocycles. The molecule has 3 rings (SSSR count). The van der Waals surface area contributed by atoms with Gasteiger partial charge in [0.25, 0.3) is 0 Å². The van der Waals surface area contributed by atoms with Crippen molar-refractivity contribution in [2.45, 2.75) is 13.0 Å². The van der Waals surface area contributed by atoms with E-state index in [2.05, 4.69) is 4.90 Å². The number of morpholine rings is 1. The number of nitrogens with zero attached hydrogens (tertiary/aromatic N) is 2. The molecule has 2 aliphatic rings. The summed E-state index contributed by atoms with van der Waals surface area (Å²) >= 11 is 0. The van der Waals surface area contributed by atoms with Gasteiger partial charge in [-0.3, -0.25) is 9.69 Å². The fraction of sp³-hybridized carbons (Fsp3) is 0.562. The van der Waals surface area contributed by atoms with Crippen LogP contribution in [-0.4, -0.2) is 57.8 Å². The summed E-state index contributed by atoms with van der Waals surface area (Å²) in [6, 6.07) is 7.80. The van der Waals surface area contributed by atoms with Gasteiger partial charge in [0.1, 0.15) is 0 Å². The summed E-state index contributed by atoms with van der Waals surface area (Å²) in [5.74, 6) is -0.442. The summed E-state index contributed by atoms with van der Waals surface area (Å²) in [5.41, 5.74) is 1.94. The van der Waals surface area contributed by atoms with E-state index in [4.69, 9.17) is 9.88 Å². The Balaban J connectivity index is 1.75. The highest BCUT2D eigenvalue weighted by Crippen LogP contribution is 2.29. The molecule has 0 bridgehead atoms. The molecule has 0 radical (unpaired) electrons. The van der Waals surface area contributed by atoms with Gasteiger partial charge in [-0.25, -0.2) is 13.6 Å². The van der Waals surface area contributed by atoms with Crippen LogP contribution in [0.5, 0.6) is 0 Å². The summed E-state index contributed by atoms with van der Waals surface area (Å²) in [7, 11) is -3.57. The average molecular weight is 353 g/mol. The average Bonchev–Trinajstić information content (AvgIpc) is 2.87. The van der Waals surface area contributed by atoms with Crippen molar-refractivity contribution in [2.75, 3.05) is 43.5 Å². The lowest BCUT2D eigenvalue weighted by molar-refractivity contribution is -0.117. The fourth-order valence-electron chi connectivity index (χ4n) is 3.36. The van der Waals surface area contributed by atoms with Crippen molar-refractivity contribution in [3.05, 3.63) is 29.8 Å². The van der Waals surface area contributed by atoms with Crippen molar-refractivity contribution in [1.29, 1.82) is 0 Å².